The van der Waals surface area contributed by atoms with Crippen molar-refractivity contribution in [3.05, 3.63) is 47.7 Å². The zero-order valence-electron chi connectivity index (χ0n) is 11.8. The highest BCUT2D eigenvalue weighted by Gasteiger charge is 2.15. The third kappa shape index (κ3) is 3.17. The highest BCUT2D eigenvalue weighted by Crippen LogP contribution is 2.24. The van der Waals surface area contributed by atoms with Crippen molar-refractivity contribution in [3.8, 4) is 0 Å². The Bertz CT molecular complexity index is 525. The van der Waals surface area contributed by atoms with Gasteiger partial charge < -0.3 is 10.2 Å². The molecule has 106 valence electrons. The molecule has 4 heteroatoms. The number of halogens is 1. The van der Waals surface area contributed by atoms with Gasteiger partial charge in [0.15, 0.2) is 0 Å². The summed E-state index contributed by atoms with van der Waals surface area (Å²) < 4.78 is 2.36. The number of rotatable bonds is 2. The largest absolute Gasteiger partial charge is 0.387 e. The number of nitrogens with zero attached hydrogens (tertiary/aromatic N) is 2. The molecule has 2 aliphatic rings. The second-order valence-corrected chi connectivity index (χ2v) is 6.78. The van der Waals surface area contributed by atoms with Crippen LogP contribution in [0.4, 0.5) is 5.69 Å². The van der Waals surface area contributed by atoms with E-state index in [9.17, 15) is 0 Å². The van der Waals surface area contributed by atoms with Gasteiger partial charge in [-0.25, -0.2) is 3.11 Å². The molecule has 1 fully saturated rings. The number of piperazine rings is 1. The Hall–Kier alpha value is -1.01. The number of anilines is 1. The zero-order chi connectivity index (χ0) is 13.9. The van der Waals surface area contributed by atoms with Crippen molar-refractivity contribution in [3.63, 3.8) is 0 Å². The number of dihydropyridines is 1. The van der Waals surface area contributed by atoms with Crippen LogP contribution >= 0.6 is 22.9 Å². The normalized spacial score (nSPS) is 20.2. The molecule has 3 rings (SSSR count). The quantitative estimate of drug-likeness (QED) is 0.628. The first-order valence-corrected chi connectivity index (χ1v) is 8.06. The SMILES string of the molecule is CC1=CC(c2ccc(N3CCN(I)CC3)cc2)=CNC1. The molecule has 0 bridgehead atoms. The molecule has 0 amide bonds. The molecule has 0 unspecified atom stereocenters. The maximum Gasteiger partial charge on any atom is 0.0367 e. The van der Waals surface area contributed by atoms with Crippen LogP contribution in [0.2, 0.25) is 0 Å². The van der Waals surface area contributed by atoms with E-state index in [1.807, 2.05) is 0 Å². The van der Waals surface area contributed by atoms with Crippen LogP contribution in [0.25, 0.3) is 5.57 Å². The predicted octanol–water partition coefficient (Wildman–Crippen LogP) is 3.05. The number of nitrogens with one attached hydrogen (secondary N) is 1. The Labute approximate surface area is 134 Å². The van der Waals surface area contributed by atoms with Crippen LogP contribution in [-0.4, -0.2) is 35.8 Å². The second kappa shape index (κ2) is 6.18. The van der Waals surface area contributed by atoms with Crippen molar-refractivity contribution >= 4 is 34.1 Å². The summed E-state index contributed by atoms with van der Waals surface area (Å²) in [6, 6.07) is 8.95. The van der Waals surface area contributed by atoms with Gasteiger partial charge in [-0.1, -0.05) is 23.8 Å². The monoisotopic (exact) mass is 381 g/mol. The summed E-state index contributed by atoms with van der Waals surface area (Å²) in [4.78, 5) is 2.47. The zero-order valence-corrected chi connectivity index (χ0v) is 13.9. The van der Waals surface area contributed by atoms with E-state index in [2.05, 4.69) is 79.7 Å². The summed E-state index contributed by atoms with van der Waals surface area (Å²) in [5.41, 5.74) is 5.28. The van der Waals surface area contributed by atoms with Gasteiger partial charge in [0.05, 0.1) is 0 Å². The molecule has 0 aromatic heterocycles. The van der Waals surface area contributed by atoms with E-state index in [1.54, 1.807) is 0 Å². The van der Waals surface area contributed by atoms with Crippen LogP contribution in [-0.2, 0) is 0 Å². The van der Waals surface area contributed by atoms with Crippen molar-refractivity contribution < 1.29 is 0 Å². The predicted molar refractivity (Wildman–Crippen MR) is 94.0 cm³/mol. The fourth-order valence-electron chi connectivity index (χ4n) is 2.65. The lowest BCUT2D eigenvalue weighted by Crippen LogP contribution is -2.42. The molecule has 0 atom stereocenters. The van der Waals surface area contributed by atoms with E-state index < -0.39 is 0 Å². The van der Waals surface area contributed by atoms with E-state index >= 15 is 0 Å². The average Bonchev–Trinajstić information content (AvgIpc) is 2.48. The number of allylic oxidation sites excluding steroid dienone is 2. The van der Waals surface area contributed by atoms with Gasteiger partial charge in [-0.05, 0) is 30.2 Å². The third-order valence-corrected chi connectivity index (χ3v) is 4.80. The standard InChI is InChI=1S/C16H20IN3/c1-13-10-15(12-18-11-13)14-2-4-16(5-3-14)19-6-8-20(17)9-7-19/h2-5,10,12,18H,6-9,11H2,1H3. The molecule has 20 heavy (non-hydrogen) atoms. The van der Waals surface area contributed by atoms with E-state index in [0.29, 0.717) is 0 Å². The van der Waals surface area contributed by atoms with Crippen molar-refractivity contribution in [2.75, 3.05) is 37.6 Å². The summed E-state index contributed by atoms with van der Waals surface area (Å²) in [6.45, 7) is 7.63. The summed E-state index contributed by atoms with van der Waals surface area (Å²) in [5, 5.41) is 3.32. The van der Waals surface area contributed by atoms with Crippen molar-refractivity contribution in [1.82, 2.24) is 8.43 Å². The van der Waals surface area contributed by atoms with Crippen LogP contribution < -0.4 is 10.2 Å². The van der Waals surface area contributed by atoms with Gasteiger partial charge >= 0.3 is 0 Å². The molecule has 1 aromatic carbocycles. The molecule has 0 spiro atoms. The number of hydrogen-bond acceptors (Lipinski definition) is 3. The average molecular weight is 381 g/mol. The lowest BCUT2D eigenvalue weighted by Gasteiger charge is -2.33. The topological polar surface area (TPSA) is 18.5 Å². The molecule has 0 saturated carbocycles. The van der Waals surface area contributed by atoms with Gasteiger partial charge in [-0.3, -0.25) is 0 Å². The molecule has 0 aliphatic carbocycles. The van der Waals surface area contributed by atoms with E-state index in [1.165, 1.54) is 22.4 Å². The van der Waals surface area contributed by atoms with Crippen LogP contribution in [0.3, 0.4) is 0 Å². The summed E-state index contributed by atoms with van der Waals surface area (Å²) in [7, 11) is 0. The molecule has 1 saturated heterocycles. The molecule has 2 aliphatic heterocycles. The molecule has 1 aromatic rings. The van der Waals surface area contributed by atoms with Crippen molar-refractivity contribution in [2.45, 2.75) is 6.92 Å². The van der Waals surface area contributed by atoms with Gasteiger partial charge in [0.1, 0.15) is 0 Å². The van der Waals surface area contributed by atoms with E-state index in [4.69, 9.17) is 0 Å². The Morgan fingerprint density at radius 2 is 1.75 bits per heavy atom. The molecular formula is C16H20IN3. The minimum Gasteiger partial charge on any atom is -0.387 e. The fourth-order valence-corrected chi connectivity index (χ4v) is 3.08. The second-order valence-electron chi connectivity index (χ2n) is 5.42. The molecule has 2 heterocycles. The number of benzene rings is 1. The Kier molecular flexibility index (Phi) is 4.31. The summed E-state index contributed by atoms with van der Waals surface area (Å²) in [5.74, 6) is 0. The minimum atomic E-state index is 0.960. The lowest BCUT2D eigenvalue weighted by atomic mass is 10.0. The molecule has 1 N–H and O–H groups in total. The Morgan fingerprint density at radius 1 is 1.05 bits per heavy atom. The number of hydrogen-bond donors (Lipinski definition) is 1. The van der Waals surface area contributed by atoms with E-state index in [-0.39, 0.29) is 0 Å². The van der Waals surface area contributed by atoms with Crippen molar-refractivity contribution in [2.24, 2.45) is 0 Å². The van der Waals surface area contributed by atoms with Gasteiger partial charge in [-0.2, -0.15) is 0 Å². The first-order chi connectivity index (χ1) is 9.72. The maximum atomic E-state index is 3.32. The van der Waals surface area contributed by atoms with Crippen LogP contribution in [0.1, 0.15) is 12.5 Å². The Morgan fingerprint density at radius 3 is 2.40 bits per heavy atom. The highest BCUT2D eigenvalue weighted by atomic mass is 127. The summed E-state index contributed by atoms with van der Waals surface area (Å²) in [6.07, 6.45) is 4.37. The highest BCUT2D eigenvalue weighted by molar-refractivity contribution is 14.1. The lowest BCUT2D eigenvalue weighted by molar-refractivity contribution is 0.460. The van der Waals surface area contributed by atoms with Gasteiger partial charge in [0.25, 0.3) is 0 Å². The smallest absolute Gasteiger partial charge is 0.0367 e. The van der Waals surface area contributed by atoms with Crippen LogP contribution in [0, 0.1) is 0 Å². The van der Waals surface area contributed by atoms with Gasteiger partial charge in [0, 0.05) is 67.5 Å². The van der Waals surface area contributed by atoms with Gasteiger partial charge in [0.2, 0.25) is 0 Å². The maximum absolute atomic E-state index is 3.32. The minimum absolute atomic E-state index is 0.960. The van der Waals surface area contributed by atoms with Gasteiger partial charge in [-0.15, -0.1) is 0 Å². The molecule has 0 radical (unpaired) electrons. The third-order valence-electron chi connectivity index (χ3n) is 3.83. The van der Waals surface area contributed by atoms with Crippen LogP contribution in [0.15, 0.2) is 42.1 Å². The Balaban J connectivity index is 1.73. The van der Waals surface area contributed by atoms with Crippen LogP contribution in [0.5, 0.6) is 0 Å². The van der Waals surface area contributed by atoms with E-state index in [0.717, 1.165) is 32.7 Å². The fraction of sp³-hybridized carbons (Fsp3) is 0.375. The molecule has 3 nitrogen and oxygen atoms in total. The first-order valence-electron chi connectivity index (χ1n) is 7.09. The first kappa shape index (κ1) is 13.9. The van der Waals surface area contributed by atoms with Crippen molar-refractivity contribution in [1.29, 1.82) is 0 Å². The summed E-state index contributed by atoms with van der Waals surface area (Å²) >= 11 is 2.41. The molecular weight excluding hydrogens is 361 g/mol.